The van der Waals surface area contributed by atoms with Crippen molar-refractivity contribution in [1.29, 1.82) is 0 Å². The van der Waals surface area contributed by atoms with E-state index in [4.69, 9.17) is 14.2 Å². The Bertz CT molecular complexity index is 1110. The first-order valence-corrected chi connectivity index (χ1v) is 12.2. The second-order valence-electron chi connectivity index (χ2n) is 9.87. The van der Waals surface area contributed by atoms with Crippen LogP contribution in [0.25, 0.3) is 0 Å². The minimum atomic E-state index is -1.08. The molecule has 9 nitrogen and oxygen atoms in total. The van der Waals surface area contributed by atoms with Gasteiger partial charge in [0.05, 0.1) is 13.7 Å². The Balaban J connectivity index is 1.74. The van der Waals surface area contributed by atoms with Crippen LogP contribution in [0.4, 0.5) is 4.79 Å². The van der Waals surface area contributed by atoms with Gasteiger partial charge < -0.3 is 19.5 Å². The normalized spacial score (nSPS) is 15.7. The van der Waals surface area contributed by atoms with Gasteiger partial charge in [-0.15, -0.1) is 0 Å². The lowest BCUT2D eigenvalue weighted by molar-refractivity contribution is -0.155. The summed E-state index contributed by atoms with van der Waals surface area (Å²) in [5.74, 6) is -1.72. The van der Waals surface area contributed by atoms with E-state index in [0.717, 1.165) is 16.7 Å². The van der Waals surface area contributed by atoms with Crippen molar-refractivity contribution in [2.24, 2.45) is 0 Å². The second-order valence-corrected chi connectivity index (χ2v) is 9.87. The number of ether oxygens (including phenoxy) is 3. The van der Waals surface area contributed by atoms with Gasteiger partial charge in [-0.3, -0.25) is 14.5 Å². The number of rotatable bonds is 8. The van der Waals surface area contributed by atoms with Crippen LogP contribution in [-0.2, 0) is 48.2 Å². The lowest BCUT2D eigenvalue weighted by Gasteiger charge is -2.35. The molecular formula is C28H34N2O7. The monoisotopic (exact) mass is 510 g/mol. The first-order chi connectivity index (χ1) is 17.6. The number of benzene rings is 2. The van der Waals surface area contributed by atoms with Gasteiger partial charge in [0.2, 0.25) is 5.91 Å². The van der Waals surface area contributed by atoms with E-state index in [9.17, 15) is 19.2 Å². The van der Waals surface area contributed by atoms with E-state index in [1.165, 1.54) is 12.0 Å². The summed E-state index contributed by atoms with van der Waals surface area (Å²) in [6.45, 7) is 5.49. The van der Waals surface area contributed by atoms with E-state index >= 15 is 0 Å². The molecule has 198 valence electrons. The maximum absolute atomic E-state index is 13.4. The maximum Gasteiger partial charge on any atom is 0.411 e. The van der Waals surface area contributed by atoms with Crippen LogP contribution < -0.4 is 5.32 Å². The van der Waals surface area contributed by atoms with E-state index in [1.54, 1.807) is 20.8 Å². The minimum absolute atomic E-state index is 0.00487. The Morgan fingerprint density at radius 3 is 2.30 bits per heavy atom. The summed E-state index contributed by atoms with van der Waals surface area (Å²) in [4.78, 5) is 52.5. The van der Waals surface area contributed by atoms with Crippen molar-refractivity contribution in [2.45, 2.75) is 70.9 Å². The average Bonchev–Trinajstić information content (AvgIpc) is 2.87. The van der Waals surface area contributed by atoms with E-state index in [2.05, 4.69) is 5.32 Å². The fourth-order valence-electron chi connectivity index (χ4n) is 4.07. The zero-order chi connectivity index (χ0) is 27.0. The molecule has 1 N–H and O–H groups in total. The number of carbonyl (C=O) groups is 4. The maximum atomic E-state index is 13.4. The Kier molecular flexibility index (Phi) is 9.27. The number of amides is 2. The van der Waals surface area contributed by atoms with Crippen LogP contribution in [-0.4, -0.2) is 53.6 Å². The van der Waals surface area contributed by atoms with Gasteiger partial charge in [-0.25, -0.2) is 9.59 Å². The number of hydrogen-bond acceptors (Lipinski definition) is 7. The molecule has 0 bridgehead atoms. The highest BCUT2D eigenvalue weighted by atomic mass is 16.6. The molecule has 0 saturated carbocycles. The van der Waals surface area contributed by atoms with Crippen LogP contribution in [0.3, 0.4) is 0 Å². The van der Waals surface area contributed by atoms with Gasteiger partial charge in [0.25, 0.3) is 0 Å². The number of nitrogens with one attached hydrogen (secondary N) is 1. The molecule has 1 aliphatic rings. The van der Waals surface area contributed by atoms with Crippen LogP contribution in [0, 0.1) is 0 Å². The molecule has 3 rings (SSSR count). The summed E-state index contributed by atoms with van der Waals surface area (Å²) in [6, 6.07) is 14.8. The highest BCUT2D eigenvalue weighted by Crippen LogP contribution is 2.25. The number of methoxy groups -OCH3 is 1. The zero-order valence-electron chi connectivity index (χ0n) is 21.7. The SMILES string of the molecule is COC(=O)[C@H](CCC(=O)OC(C)(C)C)NC(=O)[C@@H]1Cc2ccccc2CN1C(=O)OCc1ccccc1. The van der Waals surface area contributed by atoms with Crippen LogP contribution >= 0.6 is 0 Å². The molecule has 0 radical (unpaired) electrons. The first kappa shape index (κ1) is 27.7. The van der Waals surface area contributed by atoms with Gasteiger partial charge >= 0.3 is 18.0 Å². The molecule has 9 heteroatoms. The molecule has 1 heterocycles. The molecule has 0 saturated heterocycles. The van der Waals surface area contributed by atoms with Crippen molar-refractivity contribution in [2.75, 3.05) is 7.11 Å². The van der Waals surface area contributed by atoms with E-state index < -0.39 is 41.6 Å². The Hall–Kier alpha value is -3.88. The minimum Gasteiger partial charge on any atom is -0.467 e. The molecule has 2 atom stereocenters. The summed E-state index contributed by atoms with van der Waals surface area (Å²) in [6.07, 6.45) is -0.479. The second kappa shape index (κ2) is 12.4. The van der Waals surface area contributed by atoms with Gasteiger partial charge in [-0.05, 0) is 43.9 Å². The predicted octanol–water partition coefficient (Wildman–Crippen LogP) is 3.53. The molecule has 2 aromatic carbocycles. The number of fused-ring (bicyclic) bond motifs is 1. The van der Waals surface area contributed by atoms with Gasteiger partial charge in [0.1, 0.15) is 24.3 Å². The fraction of sp³-hybridized carbons (Fsp3) is 0.429. The average molecular weight is 511 g/mol. The Morgan fingerprint density at radius 1 is 1.00 bits per heavy atom. The quantitative estimate of drug-likeness (QED) is 0.427. The van der Waals surface area contributed by atoms with Crippen LogP contribution in [0.5, 0.6) is 0 Å². The molecule has 2 aromatic rings. The summed E-state index contributed by atoms with van der Waals surface area (Å²) in [5, 5.41) is 2.67. The van der Waals surface area contributed by atoms with Crippen molar-refractivity contribution < 1.29 is 33.4 Å². The van der Waals surface area contributed by atoms with Crippen molar-refractivity contribution in [3.8, 4) is 0 Å². The highest BCUT2D eigenvalue weighted by molar-refractivity contribution is 5.90. The van der Waals surface area contributed by atoms with E-state index in [-0.39, 0.29) is 32.4 Å². The van der Waals surface area contributed by atoms with Gasteiger partial charge in [-0.1, -0.05) is 54.6 Å². The Labute approximate surface area is 217 Å². The Morgan fingerprint density at radius 2 is 1.65 bits per heavy atom. The molecule has 0 unspecified atom stereocenters. The van der Waals surface area contributed by atoms with Gasteiger partial charge in [0.15, 0.2) is 0 Å². The molecule has 0 aromatic heterocycles. The number of nitrogens with zero attached hydrogens (tertiary/aromatic N) is 1. The molecule has 0 fully saturated rings. The molecule has 2 amide bonds. The molecule has 0 aliphatic carbocycles. The summed E-state index contributed by atoms with van der Waals surface area (Å²) in [5.41, 5.74) is 2.00. The predicted molar refractivity (Wildman–Crippen MR) is 135 cm³/mol. The third-order valence-electron chi connectivity index (χ3n) is 5.85. The van der Waals surface area contributed by atoms with E-state index in [0.29, 0.717) is 0 Å². The lowest BCUT2D eigenvalue weighted by atomic mass is 9.93. The van der Waals surface area contributed by atoms with Gasteiger partial charge in [0, 0.05) is 12.8 Å². The fourth-order valence-corrected chi connectivity index (χ4v) is 4.07. The van der Waals surface area contributed by atoms with Crippen LogP contribution in [0.1, 0.15) is 50.3 Å². The van der Waals surface area contributed by atoms with Crippen molar-refractivity contribution >= 4 is 23.9 Å². The summed E-state index contributed by atoms with van der Waals surface area (Å²) < 4.78 is 15.7. The molecular weight excluding hydrogens is 476 g/mol. The number of hydrogen-bond donors (Lipinski definition) is 1. The third kappa shape index (κ3) is 8.06. The summed E-state index contributed by atoms with van der Waals surface area (Å²) in [7, 11) is 1.21. The third-order valence-corrected chi connectivity index (χ3v) is 5.85. The molecule has 1 aliphatic heterocycles. The van der Waals surface area contributed by atoms with Crippen LogP contribution in [0.15, 0.2) is 54.6 Å². The van der Waals surface area contributed by atoms with Crippen LogP contribution in [0.2, 0.25) is 0 Å². The lowest BCUT2D eigenvalue weighted by Crippen LogP contribution is -2.55. The number of carbonyl (C=O) groups excluding carboxylic acids is 4. The number of esters is 2. The zero-order valence-corrected chi connectivity index (χ0v) is 21.7. The topological polar surface area (TPSA) is 111 Å². The van der Waals surface area contributed by atoms with Crippen molar-refractivity contribution in [1.82, 2.24) is 10.2 Å². The van der Waals surface area contributed by atoms with Crippen molar-refractivity contribution in [3.05, 3.63) is 71.3 Å². The van der Waals surface area contributed by atoms with Gasteiger partial charge in [-0.2, -0.15) is 0 Å². The molecule has 37 heavy (non-hydrogen) atoms. The standard InChI is InChI=1S/C28H34N2O7/c1-28(2,3)37-24(31)15-14-22(26(33)35-4)29-25(32)23-16-20-12-8-9-13-21(20)17-30(23)27(34)36-18-19-10-6-5-7-11-19/h5-13,22-23H,14-18H2,1-4H3,(H,29,32)/t22-,23-/m0/s1. The first-order valence-electron chi connectivity index (χ1n) is 12.2. The van der Waals surface area contributed by atoms with E-state index in [1.807, 2.05) is 54.6 Å². The summed E-state index contributed by atoms with van der Waals surface area (Å²) >= 11 is 0. The smallest absolute Gasteiger partial charge is 0.411 e. The van der Waals surface area contributed by atoms with Crippen molar-refractivity contribution in [3.63, 3.8) is 0 Å². The highest BCUT2D eigenvalue weighted by Gasteiger charge is 2.37. The molecule has 0 spiro atoms. The largest absolute Gasteiger partial charge is 0.467 e.